The van der Waals surface area contributed by atoms with Gasteiger partial charge in [0, 0.05) is 12.1 Å². The maximum atomic E-state index is 12.6. The van der Waals surface area contributed by atoms with Crippen LogP contribution >= 0.6 is 22.9 Å². The van der Waals surface area contributed by atoms with Crippen LogP contribution in [-0.4, -0.2) is 43.2 Å². The molecule has 8 nitrogen and oxygen atoms in total. The first-order valence-corrected chi connectivity index (χ1v) is 11.1. The standard InChI is InChI=1S/C23H21ClN2O6S/c1-31-18-5-3-2-4-14(18)8-10-25-23(30)21-17(9-11-33-21)26-22(29)15-6-7-19(16(24)12-15)32-13-20(27)28/h2-7,9,11-12H,8,10,13H2,1H3,(H,25,30)(H,26,29)(H,27,28). The lowest BCUT2D eigenvalue weighted by Crippen LogP contribution is -2.26. The minimum atomic E-state index is -1.14. The average Bonchev–Trinajstić information content (AvgIpc) is 3.26. The SMILES string of the molecule is COc1ccccc1CCNC(=O)c1sccc1NC(=O)c1ccc(OCC(=O)O)c(Cl)c1. The Labute approximate surface area is 199 Å². The fourth-order valence-electron chi connectivity index (χ4n) is 2.98. The zero-order valence-electron chi connectivity index (χ0n) is 17.6. The molecule has 2 amide bonds. The van der Waals surface area contributed by atoms with Gasteiger partial charge in [0.1, 0.15) is 16.4 Å². The van der Waals surface area contributed by atoms with Crippen LogP contribution in [0.15, 0.2) is 53.9 Å². The Morgan fingerprint density at radius 3 is 2.58 bits per heavy atom. The predicted octanol–water partition coefficient (Wildman–Crippen LogP) is 4.10. The fourth-order valence-corrected chi connectivity index (χ4v) is 3.98. The third kappa shape index (κ3) is 6.47. The second-order valence-electron chi connectivity index (χ2n) is 6.76. The largest absolute Gasteiger partial charge is 0.496 e. The van der Waals surface area contributed by atoms with Gasteiger partial charge < -0.3 is 25.2 Å². The highest BCUT2D eigenvalue weighted by Gasteiger charge is 2.17. The van der Waals surface area contributed by atoms with Gasteiger partial charge >= 0.3 is 5.97 Å². The Balaban J connectivity index is 1.60. The smallest absolute Gasteiger partial charge is 0.341 e. The van der Waals surface area contributed by atoms with Crippen molar-refractivity contribution in [1.82, 2.24) is 5.32 Å². The van der Waals surface area contributed by atoms with E-state index in [1.807, 2.05) is 24.3 Å². The molecule has 33 heavy (non-hydrogen) atoms. The highest BCUT2D eigenvalue weighted by atomic mass is 35.5. The summed E-state index contributed by atoms with van der Waals surface area (Å²) in [5.74, 6) is -0.997. The summed E-state index contributed by atoms with van der Waals surface area (Å²) in [7, 11) is 1.60. The zero-order valence-corrected chi connectivity index (χ0v) is 19.2. The van der Waals surface area contributed by atoms with Crippen molar-refractivity contribution in [1.29, 1.82) is 0 Å². The lowest BCUT2D eigenvalue weighted by molar-refractivity contribution is -0.139. The number of hydrogen-bond donors (Lipinski definition) is 3. The monoisotopic (exact) mass is 488 g/mol. The van der Waals surface area contributed by atoms with Gasteiger partial charge in [-0.05, 0) is 47.7 Å². The molecular formula is C23H21ClN2O6S. The Kier molecular flexibility index (Phi) is 8.28. The Bertz CT molecular complexity index is 1160. The summed E-state index contributed by atoms with van der Waals surface area (Å²) >= 11 is 7.29. The maximum absolute atomic E-state index is 12.6. The van der Waals surface area contributed by atoms with Gasteiger partial charge in [-0.2, -0.15) is 0 Å². The molecule has 0 aliphatic heterocycles. The molecular weight excluding hydrogens is 468 g/mol. The number of ether oxygens (including phenoxy) is 2. The van der Waals surface area contributed by atoms with Gasteiger partial charge in [0.2, 0.25) is 0 Å². The normalized spacial score (nSPS) is 10.4. The molecule has 3 N–H and O–H groups in total. The molecule has 0 bridgehead atoms. The van der Waals surface area contributed by atoms with Gasteiger partial charge in [-0.1, -0.05) is 29.8 Å². The van der Waals surface area contributed by atoms with Crippen LogP contribution in [0.3, 0.4) is 0 Å². The van der Waals surface area contributed by atoms with Gasteiger partial charge in [0.05, 0.1) is 17.8 Å². The molecule has 0 saturated heterocycles. The van der Waals surface area contributed by atoms with E-state index in [1.165, 1.54) is 29.5 Å². The quantitative estimate of drug-likeness (QED) is 0.396. The van der Waals surface area contributed by atoms with Crippen LogP contribution in [0.2, 0.25) is 5.02 Å². The molecule has 0 spiro atoms. The van der Waals surface area contributed by atoms with Gasteiger partial charge in [-0.3, -0.25) is 9.59 Å². The first-order valence-electron chi connectivity index (χ1n) is 9.82. The second-order valence-corrected chi connectivity index (χ2v) is 8.09. The highest BCUT2D eigenvalue weighted by molar-refractivity contribution is 7.12. The van der Waals surface area contributed by atoms with E-state index < -0.39 is 18.5 Å². The fraction of sp³-hybridized carbons (Fsp3) is 0.174. The van der Waals surface area contributed by atoms with Crippen molar-refractivity contribution in [2.75, 3.05) is 25.6 Å². The number of thiophene rings is 1. The van der Waals surface area contributed by atoms with Crippen molar-refractivity contribution >= 4 is 46.4 Å². The molecule has 0 aliphatic rings. The summed E-state index contributed by atoms with van der Waals surface area (Å²) in [6, 6.07) is 13.5. The van der Waals surface area contributed by atoms with Crippen molar-refractivity contribution in [3.8, 4) is 11.5 Å². The number of carbonyl (C=O) groups excluding carboxylic acids is 2. The van der Waals surface area contributed by atoms with Crippen molar-refractivity contribution in [3.63, 3.8) is 0 Å². The summed E-state index contributed by atoms with van der Waals surface area (Å²) < 4.78 is 10.4. The van der Waals surface area contributed by atoms with Gasteiger partial charge in [-0.15, -0.1) is 11.3 Å². The topological polar surface area (TPSA) is 114 Å². The summed E-state index contributed by atoms with van der Waals surface area (Å²) in [4.78, 5) is 36.3. The summed E-state index contributed by atoms with van der Waals surface area (Å²) in [5.41, 5.74) is 1.59. The van der Waals surface area contributed by atoms with Gasteiger partial charge in [0.25, 0.3) is 11.8 Å². The van der Waals surface area contributed by atoms with E-state index in [2.05, 4.69) is 10.6 Å². The third-order valence-corrected chi connectivity index (χ3v) is 5.75. The van der Waals surface area contributed by atoms with Crippen molar-refractivity contribution in [2.45, 2.75) is 6.42 Å². The number of hydrogen-bond acceptors (Lipinski definition) is 6. The summed E-state index contributed by atoms with van der Waals surface area (Å²) in [5, 5.41) is 16.1. The molecule has 0 radical (unpaired) electrons. The molecule has 2 aromatic carbocycles. The molecule has 0 saturated carbocycles. The lowest BCUT2D eigenvalue weighted by atomic mass is 10.1. The number of amides is 2. The van der Waals surface area contributed by atoms with Crippen molar-refractivity contribution in [3.05, 3.63) is 74.9 Å². The van der Waals surface area contributed by atoms with Gasteiger partial charge in [0.15, 0.2) is 6.61 Å². The van der Waals surface area contributed by atoms with Crippen LogP contribution in [-0.2, 0) is 11.2 Å². The zero-order chi connectivity index (χ0) is 23.8. The van der Waals surface area contributed by atoms with Crippen LogP contribution in [0.1, 0.15) is 25.6 Å². The van der Waals surface area contributed by atoms with Gasteiger partial charge in [-0.25, -0.2) is 4.79 Å². The maximum Gasteiger partial charge on any atom is 0.341 e. The number of nitrogens with one attached hydrogen (secondary N) is 2. The predicted molar refractivity (Wildman–Crippen MR) is 126 cm³/mol. The number of benzene rings is 2. The average molecular weight is 489 g/mol. The minimum absolute atomic E-state index is 0.100. The molecule has 3 rings (SSSR count). The number of anilines is 1. The Morgan fingerprint density at radius 1 is 1.06 bits per heavy atom. The molecule has 3 aromatic rings. The number of methoxy groups -OCH3 is 1. The van der Waals surface area contributed by atoms with E-state index in [0.29, 0.717) is 23.5 Å². The molecule has 0 unspecified atom stereocenters. The number of para-hydroxylation sites is 1. The molecule has 1 aromatic heterocycles. The van der Waals surface area contributed by atoms with E-state index in [-0.39, 0.29) is 22.2 Å². The number of carboxylic acid groups (broad SMARTS) is 1. The first-order chi connectivity index (χ1) is 15.9. The number of rotatable bonds is 10. The number of halogens is 1. The van der Waals surface area contributed by atoms with Crippen molar-refractivity contribution < 1.29 is 29.0 Å². The van der Waals surface area contributed by atoms with Crippen LogP contribution in [0.5, 0.6) is 11.5 Å². The van der Waals surface area contributed by atoms with E-state index in [9.17, 15) is 14.4 Å². The third-order valence-electron chi connectivity index (χ3n) is 4.54. The number of carboxylic acids is 1. The summed E-state index contributed by atoms with van der Waals surface area (Å²) in [6.45, 7) is -0.145. The van der Waals surface area contributed by atoms with Crippen LogP contribution in [0, 0.1) is 0 Å². The Morgan fingerprint density at radius 2 is 1.85 bits per heavy atom. The lowest BCUT2D eigenvalue weighted by Gasteiger charge is -2.10. The molecule has 1 heterocycles. The number of aliphatic carboxylic acids is 1. The van der Waals surface area contributed by atoms with E-state index in [0.717, 1.165) is 11.3 Å². The highest BCUT2D eigenvalue weighted by Crippen LogP contribution is 2.27. The summed E-state index contributed by atoms with van der Waals surface area (Å²) in [6.07, 6.45) is 0.595. The second kappa shape index (κ2) is 11.3. The van der Waals surface area contributed by atoms with Crippen LogP contribution in [0.4, 0.5) is 5.69 Å². The molecule has 0 atom stereocenters. The Hall–Kier alpha value is -3.56. The number of carbonyl (C=O) groups is 3. The van der Waals surface area contributed by atoms with E-state index >= 15 is 0 Å². The van der Waals surface area contributed by atoms with E-state index in [1.54, 1.807) is 18.6 Å². The molecule has 0 aliphatic carbocycles. The minimum Gasteiger partial charge on any atom is -0.496 e. The van der Waals surface area contributed by atoms with Crippen LogP contribution in [0.25, 0.3) is 0 Å². The molecule has 0 fully saturated rings. The van der Waals surface area contributed by atoms with Crippen LogP contribution < -0.4 is 20.1 Å². The van der Waals surface area contributed by atoms with E-state index in [4.69, 9.17) is 26.2 Å². The van der Waals surface area contributed by atoms with Crippen molar-refractivity contribution in [2.24, 2.45) is 0 Å². The molecule has 172 valence electrons. The molecule has 10 heteroatoms. The first kappa shape index (κ1) is 24.1.